The molecular formula is C24H31N5O. The molecule has 0 atom stereocenters. The van der Waals surface area contributed by atoms with E-state index in [-0.39, 0.29) is 16.4 Å². The van der Waals surface area contributed by atoms with Crippen molar-refractivity contribution in [1.29, 1.82) is 0 Å². The number of aryl methyl sites for hydroxylation is 2. The van der Waals surface area contributed by atoms with Crippen molar-refractivity contribution < 1.29 is 0 Å². The van der Waals surface area contributed by atoms with Gasteiger partial charge in [-0.3, -0.25) is 19.7 Å². The molecule has 0 aliphatic rings. The number of nitrogens with one attached hydrogen (secondary N) is 2. The van der Waals surface area contributed by atoms with Crippen LogP contribution in [-0.2, 0) is 17.4 Å². The molecular weight excluding hydrogens is 374 g/mol. The molecule has 2 aromatic heterocycles. The fourth-order valence-corrected chi connectivity index (χ4v) is 5.07. The van der Waals surface area contributed by atoms with Crippen molar-refractivity contribution in [3.8, 4) is 0 Å². The first kappa shape index (κ1) is 20.3. The van der Waals surface area contributed by atoms with Crippen molar-refractivity contribution >= 4 is 27.6 Å². The van der Waals surface area contributed by atoms with Gasteiger partial charge in [-0.25, -0.2) is 0 Å². The van der Waals surface area contributed by atoms with Crippen LogP contribution in [0.25, 0.3) is 21.8 Å². The molecule has 4 N–H and O–H groups in total. The second-order valence-electron chi connectivity index (χ2n) is 10.1. The van der Waals surface area contributed by atoms with Gasteiger partial charge in [0.25, 0.3) is 5.56 Å². The Labute approximate surface area is 176 Å². The van der Waals surface area contributed by atoms with Crippen molar-refractivity contribution in [2.45, 2.75) is 65.8 Å². The van der Waals surface area contributed by atoms with E-state index in [9.17, 15) is 4.79 Å². The maximum atomic E-state index is 13.0. The van der Waals surface area contributed by atoms with Gasteiger partial charge < -0.3 is 5.73 Å². The Morgan fingerprint density at radius 2 is 1.60 bits per heavy atom. The van der Waals surface area contributed by atoms with Crippen molar-refractivity contribution in [2.24, 2.45) is 0 Å². The Morgan fingerprint density at radius 3 is 2.27 bits per heavy atom. The number of H-pyrrole nitrogens is 2. The minimum Gasteiger partial charge on any atom is -0.382 e. The third-order valence-electron chi connectivity index (χ3n) is 6.09. The third kappa shape index (κ3) is 3.02. The summed E-state index contributed by atoms with van der Waals surface area (Å²) in [6, 6.07) is 8.26. The van der Waals surface area contributed by atoms with Crippen molar-refractivity contribution in [3.63, 3.8) is 0 Å². The zero-order chi connectivity index (χ0) is 22.0. The summed E-state index contributed by atoms with van der Waals surface area (Å²) in [5.74, 6) is 0.508. The molecule has 2 heterocycles. The molecule has 0 unspecified atom stereocenters. The molecule has 0 amide bonds. The zero-order valence-corrected chi connectivity index (χ0v) is 18.9. The molecule has 0 aliphatic carbocycles. The first-order valence-electron chi connectivity index (χ1n) is 10.4. The van der Waals surface area contributed by atoms with Crippen molar-refractivity contribution in [1.82, 2.24) is 20.0 Å². The predicted molar refractivity (Wildman–Crippen MR) is 124 cm³/mol. The first-order chi connectivity index (χ1) is 13.9. The maximum absolute atomic E-state index is 13.0. The second kappa shape index (κ2) is 6.49. The van der Waals surface area contributed by atoms with E-state index in [0.29, 0.717) is 12.4 Å². The lowest BCUT2D eigenvalue weighted by Crippen LogP contribution is -2.27. The van der Waals surface area contributed by atoms with Crippen LogP contribution < -0.4 is 11.3 Å². The summed E-state index contributed by atoms with van der Waals surface area (Å²) in [5.41, 5.74) is 12.2. The number of aromatic amines is 2. The van der Waals surface area contributed by atoms with Crippen LogP contribution in [0.2, 0.25) is 0 Å². The molecule has 4 aromatic rings. The van der Waals surface area contributed by atoms with E-state index in [1.807, 2.05) is 16.8 Å². The largest absolute Gasteiger partial charge is 0.382 e. The van der Waals surface area contributed by atoms with Crippen molar-refractivity contribution in [2.75, 3.05) is 5.73 Å². The van der Waals surface area contributed by atoms with Crippen LogP contribution in [0.4, 0.5) is 5.82 Å². The lowest BCUT2D eigenvalue weighted by Gasteiger charge is -2.29. The number of nitrogens with two attached hydrogens (primary N) is 1. The number of benzene rings is 2. The average molecular weight is 406 g/mol. The summed E-state index contributed by atoms with van der Waals surface area (Å²) in [4.78, 5) is 13.0. The Balaban J connectivity index is 1.91. The topological polar surface area (TPSA) is 92.5 Å². The SMILES string of the molecule is Cc1ccc2[nH]nc(N)c2c1C(C)(C)Cn1[nH]c(=O)c2c(C(C)(C)C)c(C)ccc21. The Morgan fingerprint density at radius 1 is 0.967 bits per heavy atom. The molecule has 0 bridgehead atoms. The van der Waals surface area contributed by atoms with Crippen LogP contribution >= 0.6 is 0 Å². The van der Waals surface area contributed by atoms with E-state index in [1.165, 1.54) is 0 Å². The average Bonchev–Trinajstić information content (AvgIpc) is 3.14. The van der Waals surface area contributed by atoms with Gasteiger partial charge in [-0.2, -0.15) is 5.10 Å². The van der Waals surface area contributed by atoms with E-state index >= 15 is 0 Å². The van der Waals surface area contributed by atoms with Gasteiger partial charge in [0.1, 0.15) is 0 Å². The molecule has 4 rings (SSSR count). The van der Waals surface area contributed by atoms with Crippen LogP contribution in [0.3, 0.4) is 0 Å². The monoisotopic (exact) mass is 405 g/mol. The van der Waals surface area contributed by atoms with Crippen LogP contribution in [0.5, 0.6) is 0 Å². The lowest BCUT2D eigenvalue weighted by molar-refractivity contribution is 0.416. The molecule has 0 radical (unpaired) electrons. The molecule has 6 nitrogen and oxygen atoms in total. The predicted octanol–water partition coefficient (Wildman–Crippen LogP) is 4.68. The third-order valence-corrected chi connectivity index (χ3v) is 6.09. The van der Waals surface area contributed by atoms with Crippen LogP contribution in [0.1, 0.15) is 56.9 Å². The lowest BCUT2D eigenvalue weighted by atomic mass is 9.79. The quantitative estimate of drug-likeness (QED) is 0.462. The van der Waals surface area contributed by atoms with E-state index in [1.54, 1.807) is 0 Å². The summed E-state index contributed by atoms with van der Waals surface area (Å²) in [6.45, 7) is 15.6. The number of rotatable bonds is 3. The highest BCUT2D eigenvalue weighted by Gasteiger charge is 2.30. The molecule has 0 saturated carbocycles. The molecule has 0 saturated heterocycles. The van der Waals surface area contributed by atoms with Gasteiger partial charge in [0, 0.05) is 17.3 Å². The van der Waals surface area contributed by atoms with Crippen LogP contribution in [-0.4, -0.2) is 20.0 Å². The Bertz CT molecular complexity index is 1330. The second-order valence-corrected chi connectivity index (χ2v) is 10.1. The van der Waals surface area contributed by atoms with Gasteiger partial charge in [0.05, 0.1) is 16.4 Å². The molecule has 158 valence electrons. The van der Waals surface area contributed by atoms with Crippen LogP contribution in [0, 0.1) is 13.8 Å². The number of fused-ring (bicyclic) bond motifs is 2. The summed E-state index contributed by atoms with van der Waals surface area (Å²) in [5, 5.41) is 12.1. The normalized spacial score (nSPS) is 12.9. The smallest absolute Gasteiger partial charge is 0.272 e. The van der Waals surface area contributed by atoms with Gasteiger partial charge in [0.15, 0.2) is 5.82 Å². The fourth-order valence-electron chi connectivity index (χ4n) is 5.07. The van der Waals surface area contributed by atoms with E-state index in [2.05, 4.69) is 75.9 Å². The number of nitrogen functional groups attached to an aromatic ring is 1. The molecule has 0 aliphatic heterocycles. The molecule has 0 spiro atoms. The number of hydrogen-bond acceptors (Lipinski definition) is 3. The summed E-state index contributed by atoms with van der Waals surface area (Å²) >= 11 is 0. The molecule has 30 heavy (non-hydrogen) atoms. The fraction of sp³-hybridized carbons (Fsp3) is 0.417. The number of nitrogens with zero attached hydrogens (tertiary/aromatic N) is 2. The Hall–Kier alpha value is -3.02. The zero-order valence-electron chi connectivity index (χ0n) is 18.9. The highest BCUT2D eigenvalue weighted by atomic mass is 16.1. The van der Waals surface area contributed by atoms with Gasteiger partial charge >= 0.3 is 0 Å². The molecule has 0 fully saturated rings. The Kier molecular flexibility index (Phi) is 4.38. The maximum Gasteiger partial charge on any atom is 0.272 e. The van der Waals surface area contributed by atoms with E-state index in [4.69, 9.17) is 5.73 Å². The van der Waals surface area contributed by atoms with E-state index < -0.39 is 0 Å². The highest BCUT2D eigenvalue weighted by molar-refractivity contribution is 5.93. The number of aromatic nitrogens is 4. The van der Waals surface area contributed by atoms with Crippen LogP contribution in [0.15, 0.2) is 29.1 Å². The summed E-state index contributed by atoms with van der Waals surface area (Å²) in [7, 11) is 0. The van der Waals surface area contributed by atoms with Gasteiger partial charge in [0.2, 0.25) is 0 Å². The minimum absolute atomic E-state index is 0.0350. The first-order valence-corrected chi connectivity index (χ1v) is 10.4. The summed E-state index contributed by atoms with van der Waals surface area (Å²) < 4.78 is 1.99. The number of anilines is 1. The van der Waals surface area contributed by atoms with Gasteiger partial charge in [-0.05, 0) is 53.6 Å². The molecule has 2 aromatic carbocycles. The van der Waals surface area contributed by atoms with Gasteiger partial charge in [-0.1, -0.05) is 46.8 Å². The van der Waals surface area contributed by atoms with Gasteiger partial charge in [-0.15, -0.1) is 0 Å². The van der Waals surface area contributed by atoms with Crippen molar-refractivity contribution in [3.05, 3.63) is 56.9 Å². The minimum atomic E-state index is -0.288. The number of hydrogen-bond donors (Lipinski definition) is 3. The summed E-state index contributed by atoms with van der Waals surface area (Å²) in [6.07, 6.45) is 0. The standard InChI is InChI=1S/C24H31N5O/c1-13-9-11-16-18(19(13)23(3,4)5)22(30)28-29(16)12-24(6,7)20-14(2)8-10-15-17(20)21(25)27-26-15/h8-11H,12H2,1-7H3,(H,28,30)(H3,25,26,27). The highest BCUT2D eigenvalue weighted by Crippen LogP contribution is 2.37. The molecule has 6 heteroatoms. The van der Waals surface area contributed by atoms with E-state index in [0.717, 1.165) is 44.1 Å².